The van der Waals surface area contributed by atoms with Crippen LogP contribution in [0.3, 0.4) is 0 Å². The van der Waals surface area contributed by atoms with E-state index in [1.807, 2.05) is 20.8 Å². The van der Waals surface area contributed by atoms with Crippen molar-refractivity contribution in [2.75, 3.05) is 11.9 Å². The molecule has 154 valence electrons. The lowest BCUT2D eigenvalue weighted by Crippen LogP contribution is -2.58. The van der Waals surface area contributed by atoms with Crippen LogP contribution in [0.2, 0.25) is 0 Å². The van der Waals surface area contributed by atoms with Gasteiger partial charge in [-0.25, -0.2) is 0 Å². The van der Waals surface area contributed by atoms with E-state index in [-0.39, 0.29) is 5.91 Å². The number of nitrogens with one attached hydrogen (secondary N) is 1. The molecule has 3 aliphatic heterocycles. The SMILES string of the molecule is CCOc1ccc(NC(=O)[C@H]2O[C@H]3OC(C)(C)O[C@@H]3[C@H]3OC(C)(C)O[C@@H]32)cc1. The van der Waals surface area contributed by atoms with Gasteiger partial charge in [0.2, 0.25) is 0 Å². The number of amides is 1. The summed E-state index contributed by atoms with van der Waals surface area (Å²) in [6.07, 6.45) is -3.12. The normalized spacial score (nSPS) is 35.1. The molecule has 8 nitrogen and oxygen atoms in total. The molecule has 0 aliphatic carbocycles. The molecule has 3 fully saturated rings. The van der Waals surface area contributed by atoms with Crippen LogP contribution in [0.1, 0.15) is 34.6 Å². The summed E-state index contributed by atoms with van der Waals surface area (Å²) in [6, 6.07) is 7.16. The van der Waals surface area contributed by atoms with E-state index in [0.717, 1.165) is 5.75 Å². The highest BCUT2D eigenvalue weighted by Crippen LogP contribution is 2.44. The summed E-state index contributed by atoms with van der Waals surface area (Å²) in [6.45, 7) is 9.73. The fourth-order valence-corrected chi connectivity index (χ4v) is 3.84. The standard InChI is InChI=1S/C20H27NO7/c1-6-23-12-9-7-11(8-10-12)21-17(22)15-13-14(26-19(2,3)25-13)16-18(24-15)28-20(4,5)27-16/h7-10,13-16,18H,6H2,1-5H3,(H,21,22)/t13-,14-,15-,16+,18-/m0/s1. The predicted molar refractivity (Wildman–Crippen MR) is 98.8 cm³/mol. The van der Waals surface area contributed by atoms with Crippen LogP contribution in [0.5, 0.6) is 5.75 Å². The van der Waals surface area contributed by atoms with Crippen LogP contribution in [0.25, 0.3) is 0 Å². The summed E-state index contributed by atoms with van der Waals surface area (Å²) in [5.41, 5.74) is 0.637. The Morgan fingerprint density at radius 2 is 1.57 bits per heavy atom. The summed E-state index contributed by atoms with van der Waals surface area (Å²) in [5, 5.41) is 2.87. The first-order valence-corrected chi connectivity index (χ1v) is 9.58. The second-order valence-electron chi connectivity index (χ2n) is 8.04. The zero-order valence-electron chi connectivity index (χ0n) is 16.8. The van der Waals surface area contributed by atoms with Crippen molar-refractivity contribution in [2.24, 2.45) is 0 Å². The van der Waals surface area contributed by atoms with Crippen molar-refractivity contribution in [3.8, 4) is 5.75 Å². The van der Waals surface area contributed by atoms with Crippen molar-refractivity contribution >= 4 is 11.6 Å². The lowest BCUT2D eigenvalue weighted by molar-refractivity contribution is -0.229. The van der Waals surface area contributed by atoms with Gasteiger partial charge in [0, 0.05) is 5.69 Å². The number of rotatable bonds is 4. The fourth-order valence-electron chi connectivity index (χ4n) is 3.84. The minimum Gasteiger partial charge on any atom is -0.494 e. The average molecular weight is 393 g/mol. The Bertz CT molecular complexity index is 733. The van der Waals surface area contributed by atoms with E-state index in [9.17, 15) is 4.79 Å². The van der Waals surface area contributed by atoms with Crippen LogP contribution < -0.4 is 10.1 Å². The van der Waals surface area contributed by atoms with Crippen molar-refractivity contribution in [3.63, 3.8) is 0 Å². The molecule has 0 spiro atoms. The molecule has 3 heterocycles. The maximum atomic E-state index is 13.0. The molecule has 3 aliphatic rings. The van der Waals surface area contributed by atoms with Crippen LogP contribution in [0.15, 0.2) is 24.3 Å². The second-order valence-corrected chi connectivity index (χ2v) is 8.04. The highest BCUT2D eigenvalue weighted by Gasteiger charge is 2.62. The molecule has 1 N–H and O–H groups in total. The highest BCUT2D eigenvalue weighted by molar-refractivity contribution is 5.94. The summed E-state index contributed by atoms with van der Waals surface area (Å²) < 4.78 is 35.2. The Labute approximate surface area is 164 Å². The minimum atomic E-state index is -0.892. The molecular formula is C20H27NO7. The smallest absolute Gasteiger partial charge is 0.256 e. The first-order valence-electron chi connectivity index (χ1n) is 9.58. The number of hydrogen-bond donors (Lipinski definition) is 1. The number of carbonyl (C=O) groups is 1. The molecule has 1 aromatic rings. The Kier molecular flexibility index (Phi) is 4.87. The van der Waals surface area contributed by atoms with Crippen LogP contribution in [0.4, 0.5) is 5.69 Å². The van der Waals surface area contributed by atoms with Crippen LogP contribution in [-0.4, -0.2) is 54.8 Å². The van der Waals surface area contributed by atoms with Gasteiger partial charge in [0.25, 0.3) is 5.91 Å². The van der Waals surface area contributed by atoms with E-state index < -0.39 is 42.3 Å². The number of fused-ring (bicyclic) bond motifs is 3. The first kappa shape index (κ1) is 19.6. The first-order chi connectivity index (χ1) is 13.2. The molecule has 1 aromatic carbocycles. The predicted octanol–water partition coefficient (Wildman–Crippen LogP) is 2.42. The van der Waals surface area contributed by atoms with E-state index in [1.54, 1.807) is 38.1 Å². The van der Waals surface area contributed by atoms with Crippen LogP contribution in [-0.2, 0) is 28.5 Å². The van der Waals surface area contributed by atoms with Gasteiger partial charge in [0.05, 0.1) is 6.61 Å². The van der Waals surface area contributed by atoms with Crippen molar-refractivity contribution in [2.45, 2.75) is 76.9 Å². The van der Waals surface area contributed by atoms with E-state index in [1.165, 1.54) is 0 Å². The second kappa shape index (κ2) is 6.96. The van der Waals surface area contributed by atoms with Crippen LogP contribution >= 0.6 is 0 Å². The number of anilines is 1. The molecule has 3 saturated heterocycles. The third kappa shape index (κ3) is 3.75. The highest BCUT2D eigenvalue weighted by atomic mass is 16.9. The summed E-state index contributed by atoms with van der Waals surface area (Å²) in [5.74, 6) is -1.25. The summed E-state index contributed by atoms with van der Waals surface area (Å²) in [4.78, 5) is 13.0. The largest absolute Gasteiger partial charge is 0.494 e. The van der Waals surface area contributed by atoms with Crippen molar-refractivity contribution in [1.29, 1.82) is 0 Å². The van der Waals surface area contributed by atoms with Gasteiger partial charge in [0.1, 0.15) is 24.1 Å². The Morgan fingerprint density at radius 1 is 0.964 bits per heavy atom. The molecule has 8 heteroatoms. The molecule has 0 saturated carbocycles. The van der Waals surface area contributed by atoms with Gasteiger partial charge in [-0.05, 0) is 58.9 Å². The molecule has 4 rings (SSSR count). The topological polar surface area (TPSA) is 84.5 Å². The maximum absolute atomic E-state index is 13.0. The molecule has 28 heavy (non-hydrogen) atoms. The van der Waals surface area contributed by atoms with Gasteiger partial charge in [-0.2, -0.15) is 0 Å². The van der Waals surface area contributed by atoms with Gasteiger partial charge >= 0.3 is 0 Å². The number of hydrogen-bond acceptors (Lipinski definition) is 7. The van der Waals surface area contributed by atoms with E-state index in [4.69, 9.17) is 28.4 Å². The Morgan fingerprint density at radius 3 is 2.25 bits per heavy atom. The molecule has 0 unspecified atom stereocenters. The average Bonchev–Trinajstić information content (AvgIpc) is 3.10. The number of carbonyl (C=O) groups excluding carboxylic acids is 1. The van der Waals surface area contributed by atoms with Gasteiger partial charge in [-0.15, -0.1) is 0 Å². The fraction of sp³-hybridized carbons (Fsp3) is 0.650. The third-order valence-electron chi connectivity index (χ3n) is 4.85. The summed E-state index contributed by atoms with van der Waals surface area (Å²) in [7, 11) is 0. The lowest BCUT2D eigenvalue weighted by Gasteiger charge is -2.36. The molecule has 0 aromatic heterocycles. The Hall–Kier alpha value is -1.71. The van der Waals surface area contributed by atoms with Crippen molar-refractivity contribution in [1.82, 2.24) is 0 Å². The molecule has 0 bridgehead atoms. The van der Waals surface area contributed by atoms with Gasteiger partial charge in [0.15, 0.2) is 24.0 Å². The quantitative estimate of drug-likeness (QED) is 0.841. The molecule has 0 radical (unpaired) electrons. The van der Waals surface area contributed by atoms with E-state index >= 15 is 0 Å². The van der Waals surface area contributed by atoms with Crippen molar-refractivity contribution < 1.29 is 33.2 Å². The molecule has 1 amide bonds. The van der Waals surface area contributed by atoms with Crippen molar-refractivity contribution in [3.05, 3.63) is 24.3 Å². The van der Waals surface area contributed by atoms with E-state index in [0.29, 0.717) is 12.3 Å². The molecular weight excluding hydrogens is 366 g/mol. The minimum absolute atomic E-state index is 0.327. The van der Waals surface area contributed by atoms with Crippen LogP contribution in [0, 0.1) is 0 Å². The number of benzene rings is 1. The third-order valence-corrected chi connectivity index (χ3v) is 4.85. The molecule has 5 atom stereocenters. The van der Waals surface area contributed by atoms with Gasteiger partial charge in [-0.3, -0.25) is 4.79 Å². The zero-order valence-corrected chi connectivity index (χ0v) is 16.8. The maximum Gasteiger partial charge on any atom is 0.256 e. The van der Waals surface area contributed by atoms with Gasteiger partial charge < -0.3 is 33.7 Å². The Balaban J connectivity index is 1.52. The monoisotopic (exact) mass is 393 g/mol. The lowest BCUT2D eigenvalue weighted by atomic mass is 9.98. The van der Waals surface area contributed by atoms with Gasteiger partial charge in [-0.1, -0.05) is 0 Å². The summed E-state index contributed by atoms with van der Waals surface area (Å²) >= 11 is 0. The number of ether oxygens (including phenoxy) is 6. The zero-order chi connectivity index (χ0) is 20.1. The van der Waals surface area contributed by atoms with E-state index in [2.05, 4.69) is 5.32 Å².